The van der Waals surface area contributed by atoms with Crippen molar-refractivity contribution in [2.24, 2.45) is 0 Å². The number of carbonyl (C=O) groups excluding carboxylic acids is 2. The Morgan fingerprint density at radius 1 is 0.607 bits per heavy atom. The maximum atomic E-state index is 10.3. The number of carbonyl (C=O) groups is 6. The first-order valence-corrected chi connectivity index (χ1v) is 6.30. The summed E-state index contributed by atoms with van der Waals surface area (Å²) >= 11 is 0. The van der Waals surface area contributed by atoms with E-state index >= 15 is 0 Å². The largest absolute Gasteiger partial charge is 1.00 e. The Morgan fingerprint density at radius 3 is 0.964 bits per heavy atom. The summed E-state index contributed by atoms with van der Waals surface area (Å²) < 4.78 is 0. The van der Waals surface area contributed by atoms with Gasteiger partial charge in [-0.05, 0) is 0 Å². The van der Waals surface area contributed by atoms with Crippen molar-refractivity contribution in [3.05, 3.63) is 0 Å². The molecule has 0 aliphatic heterocycles. The number of hydrogen-bond acceptors (Lipinski definition) is 10. The van der Waals surface area contributed by atoms with Crippen molar-refractivity contribution < 1.29 is 140 Å². The van der Waals surface area contributed by atoms with Crippen molar-refractivity contribution in [3.8, 4) is 0 Å². The van der Waals surface area contributed by atoms with Crippen LogP contribution in [-0.4, -0.2) is 77.7 Å². The van der Waals surface area contributed by atoms with E-state index in [1.165, 1.54) is 0 Å². The molecule has 0 aliphatic carbocycles. The van der Waals surface area contributed by atoms with Crippen molar-refractivity contribution in [1.29, 1.82) is 0 Å². The van der Waals surface area contributed by atoms with Gasteiger partial charge in [0, 0.05) is 24.8 Å². The Labute approximate surface area is 210 Å². The van der Waals surface area contributed by atoms with Gasteiger partial charge in [-0.15, -0.1) is 0 Å². The van der Waals surface area contributed by atoms with Gasteiger partial charge >= 0.3 is 94.1 Å². The molecule has 0 bridgehead atoms. The molecule has 148 valence electrons. The number of aliphatic carboxylic acids is 6. The first-order chi connectivity index (χ1) is 11.6. The Bertz CT molecular complexity index is 519. The van der Waals surface area contributed by atoms with Crippen molar-refractivity contribution in [3.63, 3.8) is 0 Å². The van der Waals surface area contributed by atoms with Gasteiger partial charge in [0.15, 0.2) is 11.2 Å². The van der Waals surface area contributed by atoms with E-state index in [-0.39, 0.29) is 70.2 Å². The zero-order valence-corrected chi connectivity index (χ0v) is 17.9. The molecule has 0 spiro atoms. The fourth-order valence-corrected chi connectivity index (χ4v) is 1.41. The van der Waals surface area contributed by atoms with Gasteiger partial charge in [-0.3, -0.25) is 9.59 Å². The molecule has 0 unspecified atom stereocenters. The van der Waals surface area contributed by atoms with Crippen LogP contribution in [0.3, 0.4) is 0 Å². The number of rotatable bonds is 10. The van der Waals surface area contributed by atoms with E-state index in [4.69, 9.17) is 30.6 Å². The second-order valence-electron chi connectivity index (χ2n) is 4.91. The normalized spacial score (nSPS) is 10.1. The van der Waals surface area contributed by atoms with Gasteiger partial charge in [-0.1, -0.05) is 0 Å². The molecule has 0 amide bonds. The molecule has 0 aromatic carbocycles. The van der Waals surface area contributed by atoms with Gasteiger partial charge in [0.25, 0.3) is 0 Å². The molecular weight excluding hydrogens is 414 g/mol. The van der Waals surface area contributed by atoms with Gasteiger partial charge in [0.2, 0.25) is 0 Å². The van der Waals surface area contributed by atoms with Gasteiger partial charge in [-0.2, -0.15) is 0 Å². The maximum absolute atomic E-state index is 10.3. The quantitative estimate of drug-likeness (QED) is 0.176. The van der Waals surface area contributed by atoms with E-state index < -0.39 is 72.7 Å². The smallest absolute Gasteiger partial charge is 0.550 e. The molecule has 28 heavy (non-hydrogen) atoms. The maximum Gasteiger partial charge on any atom is 1.00 e. The van der Waals surface area contributed by atoms with E-state index in [0.29, 0.717) is 0 Å². The third-order valence-electron chi connectivity index (χ3n) is 2.56. The van der Waals surface area contributed by atoms with Crippen LogP contribution < -0.4 is 80.5 Å². The van der Waals surface area contributed by atoms with Gasteiger partial charge in [0.05, 0.1) is 12.8 Å². The van der Waals surface area contributed by atoms with Crippen LogP contribution in [-0.2, 0) is 28.8 Å². The molecule has 0 aliphatic rings. The minimum atomic E-state index is -2.86. The molecule has 0 radical (unpaired) electrons. The minimum absolute atomic E-state index is 0. The molecule has 0 saturated heterocycles. The summed E-state index contributed by atoms with van der Waals surface area (Å²) in [6.07, 6.45) is -4.88. The number of carboxylic acid groups (broad SMARTS) is 6. The molecule has 14 nitrogen and oxygen atoms in total. The fraction of sp³-hybridized carbons (Fsp3) is 0.500. The van der Waals surface area contributed by atoms with Crippen LogP contribution in [0.25, 0.3) is 0 Å². The van der Waals surface area contributed by atoms with Crippen LogP contribution in [0.2, 0.25) is 0 Å². The zero-order chi connectivity index (χ0) is 21.3. The van der Waals surface area contributed by atoms with Gasteiger partial charge in [-0.25, -0.2) is 9.59 Å². The Balaban J connectivity index is -0.000000192. The Morgan fingerprint density at radius 2 is 0.821 bits per heavy atom. The third-order valence-corrected chi connectivity index (χ3v) is 2.56. The summed E-state index contributed by atoms with van der Waals surface area (Å²) in [5.41, 5.74) is -5.60. The summed E-state index contributed by atoms with van der Waals surface area (Å²) in [5.74, 6) is -10.7. The predicted octanol–water partition coefficient (Wildman–Crippen LogP) is -11.2. The van der Waals surface area contributed by atoms with Gasteiger partial charge in [0.1, 0.15) is 0 Å². The summed E-state index contributed by atoms with van der Waals surface area (Å²) in [5, 5.41) is 71.0. The monoisotopic (exact) mass is 428 g/mol. The molecule has 0 atom stereocenters. The van der Waals surface area contributed by atoms with Crippen molar-refractivity contribution in [2.75, 3.05) is 0 Å². The van der Waals surface area contributed by atoms with E-state index in [0.717, 1.165) is 0 Å². The topological polar surface area (TPSA) is 270 Å². The standard InChI is InChI=1S/2C6H8O7.K.Li/c2*7-3(8)1-6(13,5(11)12)2-4(9)10;;/h2*13H,1-2H2,(H,7,8)(H,9,10)(H,11,12);;/q;;2*+1/p-2. The fourth-order valence-electron chi connectivity index (χ4n) is 1.41. The van der Waals surface area contributed by atoms with Crippen LogP contribution >= 0.6 is 0 Å². The summed E-state index contributed by atoms with van der Waals surface area (Å²) in [7, 11) is 0. The minimum Gasteiger partial charge on any atom is -0.550 e. The third kappa shape index (κ3) is 15.0. The first kappa shape index (κ1) is 34.5. The van der Waals surface area contributed by atoms with Crippen LogP contribution in [0.15, 0.2) is 0 Å². The average molecular weight is 428 g/mol. The first-order valence-electron chi connectivity index (χ1n) is 6.30. The molecule has 0 heterocycles. The summed E-state index contributed by atoms with van der Waals surface area (Å²) in [6.45, 7) is 0. The van der Waals surface area contributed by atoms with Crippen molar-refractivity contribution >= 4 is 35.8 Å². The molecule has 0 aromatic rings. The summed E-state index contributed by atoms with van der Waals surface area (Å²) in [4.78, 5) is 60.7. The average Bonchev–Trinajstić information content (AvgIpc) is 2.34. The number of hydrogen-bond donors (Lipinski definition) is 6. The van der Waals surface area contributed by atoms with E-state index in [9.17, 15) is 39.0 Å². The van der Waals surface area contributed by atoms with Crippen LogP contribution in [0.5, 0.6) is 0 Å². The van der Waals surface area contributed by atoms with Crippen molar-refractivity contribution in [2.45, 2.75) is 36.9 Å². The van der Waals surface area contributed by atoms with Crippen LogP contribution in [0, 0.1) is 0 Å². The zero-order valence-electron chi connectivity index (χ0n) is 14.8. The molecule has 6 N–H and O–H groups in total. The number of carboxylic acids is 6. The summed E-state index contributed by atoms with van der Waals surface area (Å²) in [6, 6.07) is 0. The molecule has 0 fully saturated rings. The molecule has 0 aromatic heterocycles. The van der Waals surface area contributed by atoms with E-state index in [1.807, 2.05) is 0 Å². The Kier molecular flexibility index (Phi) is 18.3. The molecular formula is C12H14KLiO14. The van der Waals surface area contributed by atoms with Crippen molar-refractivity contribution in [1.82, 2.24) is 0 Å². The van der Waals surface area contributed by atoms with Crippen LogP contribution in [0.1, 0.15) is 25.7 Å². The Hall–Kier alpha value is -1.03. The van der Waals surface area contributed by atoms with Gasteiger partial charge < -0.3 is 50.4 Å². The molecule has 0 rings (SSSR count). The second-order valence-corrected chi connectivity index (χ2v) is 4.91. The van der Waals surface area contributed by atoms with E-state index in [1.54, 1.807) is 0 Å². The van der Waals surface area contributed by atoms with Crippen LogP contribution in [0.4, 0.5) is 0 Å². The SMILES string of the molecule is O=C(O)CC(O)(CC(=O)O)C(=O)O.O=C([O-])CC(O)(CC(=O)[O-])C(=O)O.[K+].[Li+]. The second kappa shape index (κ2) is 14.9. The predicted molar refractivity (Wildman–Crippen MR) is 68.9 cm³/mol. The van der Waals surface area contributed by atoms with E-state index in [2.05, 4.69) is 0 Å². The molecule has 0 saturated carbocycles. The number of aliphatic hydroxyl groups is 2. The molecule has 16 heteroatoms.